The summed E-state index contributed by atoms with van der Waals surface area (Å²) in [5.41, 5.74) is 3.83. The van der Waals surface area contributed by atoms with Crippen molar-refractivity contribution in [1.82, 2.24) is 0 Å². The van der Waals surface area contributed by atoms with E-state index in [4.69, 9.17) is 0 Å². The van der Waals surface area contributed by atoms with Gasteiger partial charge in [-0.15, -0.1) is 0 Å². The molecule has 62 valence electrons. The molecule has 0 radical (unpaired) electrons. The van der Waals surface area contributed by atoms with Crippen LogP contribution < -0.4 is 0 Å². The molecule has 0 amide bonds. The summed E-state index contributed by atoms with van der Waals surface area (Å²) in [4.78, 5) is 0. The minimum Gasteiger partial charge on any atom is -0.0961 e. The molecule has 0 aromatic carbocycles. The summed E-state index contributed by atoms with van der Waals surface area (Å²) in [6, 6.07) is 0. The molecule has 0 aliphatic heterocycles. The Morgan fingerprint density at radius 3 is 2.00 bits per heavy atom. The van der Waals surface area contributed by atoms with Crippen molar-refractivity contribution in [3.63, 3.8) is 0 Å². The van der Waals surface area contributed by atoms with Gasteiger partial charge in [-0.2, -0.15) is 0 Å². The van der Waals surface area contributed by atoms with Gasteiger partial charge in [0.1, 0.15) is 0 Å². The van der Waals surface area contributed by atoms with Gasteiger partial charge in [-0.1, -0.05) is 36.8 Å². The van der Waals surface area contributed by atoms with E-state index in [1.165, 1.54) is 11.1 Å². The first kappa shape index (κ1) is 10.2. The molecular formula is C11H18. The van der Waals surface area contributed by atoms with Gasteiger partial charge >= 0.3 is 0 Å². The molecule has 0 saturated carbocycles. The second-order valence-corrected chi connectivity index (χ2v) is 3.14. The molecule has 0 nitrogen and oxygen atoms in total. The lowest BCUT2D eigenvalue weighted by atomic mass is 10.1. The van der Waals surface area contributed by atoms with Crippen LogP contribution in [-0.4, -0.2) is 0 Å². The molecule has 0 bridgehead atoms. The zero-order chi connectivity index (χ0) is 8.85. The van der Waals surface area contributed by atoms with Crippen molar-refractivity contribution in [2.24, 2.45) is 0 Å². The van der Waals surface area contributed by atoms with Crippen LogP contribution >= 0.6 is 0 Å². The molecule has 0 atom stereocenters. The topological polar surface area (TPSA) is 0 Å². The van der Waals surface area contributed by atoms with Gasteiger partial charge in [-0.05, 0) is 32.8 Å². The molecule has 0 heterocycles. The number of allylic oxidation sites excluding steroid dienone is 5. The van der Waals surface area contributed by atoms with E-state index in [1.807, 2.05) is 6.92 Å². The van der Waals surface area contributed by atoms with E-state index in [1.54, 1.807) is 0 Å². The summed E-state index contributed by atoms with van der Waals surface area (Å²) >= 11 is 0. The zero-order valence-corrected chi connectivity index (χ0v) is 8.07. The summed E-state index contributed by atoms with van der Waals surface area (Å²) in [5.74, 6) is 0. The Morgan fingerprint density at radius 2 is 1.73 bits per heavy atom. The Bertz CT molecular complexity index is 188. The smallest absolute Gasteiger partial charge is 0.0307 e. The summed E-state index contributed by atoms with van der Waals surface area (Å²) in [6.07, 6.45) is 5.42. The zero-order valence-electron chi connectivity index (χ0n) is 8.07. The highest BCUT2D eigenvalue weighted by atomic mass is 13.9. The molecule has 0 aromatic rings. The van der Waals surface area contributed by atoms with E-state index in [-0.39, 0.29) is 0 Å². The van der Waals surface area contributed by atoms with Gasteiger partial charge in [0.15, 0.2) is 0 Å². The largest absolute Gasteiger partial charge is 0.0961 e. The average Bonchev–Trinajstić information content (AvgIpc) is 1.84. The number of hydrogen-bond donors (Lipinski definition) is 0. The predicted molar refractivity (Wildman–Crippen MR) is 52.6 cm³/mol. The van der Waals surface area contributed by atoms with Crippen LogP contribution in [0.3, 0.4) is 0 Å². The van der Waals surface area contributed by atoms with Crippen LogP contribution in [0.1, 0.15) is 34.1 Å². The number of rotatable bonds is 3. The van der Waals surface area contributed by atoms with Crippen molar-refractivity contribution < 1.29 is 0 Å². The maximum atomic E-state index is 3.84. The molecule has 0 aliphatic rings. The van der Waals surface area contributed by atoms with Crippen LogP contribution in [0, 0.1) is 0 Å². The summed E-state index contributed by atoms with van der Waals surface area (Å²) < 4.78 is 0. The summed E-state index contributed by atoms with van der Waals surface area (Å²) in [5, 5.41) is 0. The highest BCUT2D eigenvalue weighted by Gasteiger charge is 1.88. The highest BCUT2D eigenvalue weighted by molar-refractivity contribution is 5.28. The summed E-state index contributed by atoms with van der Waals surface area (Å²) in [7, 11) is 0. The molecule has 0 fully saturated rings. The van der Waals surface area contributed by atoms with E-state index >= 15 is 0 Å². The maximum Gasteiger partial charge on any atom is -0.0307 e. The van der Waals surface area contributed by atoms with E-state index in [2.05, 4.69) is 39.5 Å². The van der Waals surface area contributed by atoms with Crippen molar-refractivity contribution in [1.29, 1.82) is 0 Å². The molecule has 0 N–H and O–H groups in total. The lowest BCUT2D eigenvalue weighted by molar-refractivity contribution is 1.13. The SMILES string of the molecule is C=C(C)C=C(C=C(C)C)CC. The Balaban J connectivity index is 4.41. The predicted octanol–water partition coefficient (Wildman–Crippen LogP) is 3.87. The average molecular weight is 150 g/mol. The maximum absolute atomic E-state index is 3.84. The fourth-order valence-corrected chi connectivity index (χ4v) is 0.933. The molecule has 0 aromatic heterocycles. The van der Waals surface area contributed by atoms with Crippen molar-refractivity contribution in [3.05, 3.63) is 35.5 Å². The standard InChI is InChI=1S/C11H18/c1-6-11(7-9(2)3)8-10(4)5/h7-8H,2,6H2,1,3-5H3. The van der Waals surface area contributed by atoms with Gasteiger partial charge in [0.05, 0.1) is 0 Å². The lowest BCUT2D eigenvalue weighted by Crippen LogP contribution is -1.77. The Kier molecular flexibility index (Phi) is 4.60. The van der Waals surface area contributed by atoms with Crippen molar-refractivity contribution in [3.8, 4) is 0 Å². The van der Waals surface area contributed by atoms with Crippen LogP contribution in [0.15, 0.2) is 35.5 Å². The first-order chi connectivity index (χ1) is 5.06. The van der Waals surface area contributed by atoms with Gasteiger partial charge in [0.25, 0.3) is 0 Å². The second kappa shape index (κ2) is 4.95. The molecule has 0 spiro atoms. The van der Waals surface area contributed by atoms with E-state index in [0.717, 1.165) is 12.0 Å². The Morgan fingerprint density at radius 1 is 1.18 bits per heavy atom. The second-order valence-electron chi connectivity index (χ2n) is 3.14. The summed E-state index contributed by atoms with van der Waals surface area (Å²) in [6.45, 7) is 12.3. The van der Waals surface area contributed by atoms with Gasteiger partial charge in [-0.3, -0.25) is 0 Å². The van der Waals surface area contributed by atoms with Crippen LogP contribution in [-0.2, 0) is 0 Å². The molecule has 0 aliphatic carbocycles. The molecule has 0 unspecified atom stereocenters. The van der Waals surface area contributed by atoms with Crippen molar-refractivity contribution in [2.45, 2.75) is 34.1 Å². The third-order valence-corrected chi connectivity index (χ3v) is 1.31. The van der Waals surface area contributed by atoms with Gasteiger partial charge in [-0.25, -0.2) is 0 Å². The normalized spacial score (nSPS) is 11.1. The Labute approximate surface area is 70.3 Å². The first-order valence-electron chi connectivity index (χ1n) is 4.07. The third kappa shape index (κ3) is 5.65. The molecule has 0 saturated heterocycles. The monoisotopic (exact) mass is 150 g/mol. The van der Waals surface area contributed by atoms with E-state index in [9.17, 15) is 0 Å². The lowest BCUT2D eigenvalue weighted by Gasteiger charge is -1.98. The third-order valence-electron chi connectivity index (χ3n) is 1.31. The van der Waals surface area contributed by atoms with E-state index in [0.29, 0.717) is 0 Å². The molecule has 0 rings (SSSR count). The fraction of sp³-hybridized carbons (Fsp3) is 0.455. The highest BCUT2D eigenvalue weighted by Crippen LogP contribution is 2.08. The quantitative estimate of drug-likeness (QED) is 0.536. The van der Waals surface area contributed by atoms with E-state index < -0.39 is 0 Å². The minimum absolute atomic E-state index is 1.08. The van der Waals surface area contributed by atoms with Crippen LogP contribution in [0.4, 0.5) is 0 Å². The molecule has 11 heavy (non-hydrogen) atoms. The molecule has 0 heteroatoms. The van der Waals surface area contributed by atoms with Crippen LogP contribution in [0.5, 0.6) is 0 Å². The van der Waals surface area contributed by atoms with Crippen molar-refractivity contribution in [2.75, 3.05) is 0 Å². The minimum atomic E-state index is 1.08. The molecular weight excluding hydrogens is 132 g/mol. The van der Waals surface area contributed by atoms with Gasteiger partial charge in [0.2, 0.25) is 0 Å². The number of hydrogen-bond acceptors (Lipinski definition) is 0. The van der Waals surface area contributed by atoms with Gasteiger partial charge in [0, 0.05) is 0 Å². The van der Waals surface area contributed by atoms with Crippen LogP contribution in [0.2, 0.25) is 0 Å². The van der Waals surface area contributed by atoms with Crippen LogP contribution in [0.25, 0.3) is 0 Å². The Hall–Kier alpha value is -0.780. The van der Waals surface area contributed by atoms with Crippen molar-refractivity contribution >= 4 is 0 Å². The van der Waals surface area contributed by atoms with Gasteiger partial charge < -0.3 is 0 Å². The fourth-order valence-electron chi connectivity index (χ4n) is 0.933. The first-order valence-corrected chi connectivity index (χ1v) is 4.07.